The van der Waals surface area contributed by atoms with Gasteiger partial charge in [0, 0.05) is 16.2 Å². The standard InChI is InChI=1S/C23H28N2O4S2/c1-2-29-23(28)25-21(27)20-17-12-7-4-8-13-18(17)31-22(20)24-19(26)14-9-15-30-16-10-5-3-6-11-16/h3,5-6,10-11H,2,4,7-9,12-15H2,1H3,(H,24,26)(H,25,27,28). The van der Waals surface area contributed by atoms with Gasteiger partial charge in [-0.3, -0.25) is 14.9 Å². The largest absolute Gasteiger partial charge is 0.450 e. The molecule has 2 aromatic rings. The van der Waals surface area contributed by atoms with Crippen LogP contribution < -0.4 is 10.6 Å². The number of carbonyl (C=O) groups excluding carboxylic acids is 3. The van der Waals surface area contributed by atoms with Crippen LogP contribution in [0.4, 0.5) is 9.80 Å². The van der Waals surface area contributed by atoms with Gasteiger partial charge < -0.3 is 10.1 Å². The first-order valence-corrected chi connectivity index (χ1v) is 12.5. The highest BCUT2D eigenvalue weighted by atomic mass is 32.2. The third-order valence-electron chi connectivity index (χ3n) is 4.95. The van der Waals surface area contributed by atoms with E-state index in [0.717, 1.165) is 54.7 Å². The number of ether oxygens (including phenoxy) is 1. The molecule has 3 rings (SSSR count). The summed E-state index contributed by atoms with van der Waals surface area (Å²) < 4.78 is 4.85. The molecule has 31 heavy (non-hydrogen) atoms. The molecule has 0 aliphatic heterocycles. The van der Waals surface area contributed by atoms with Gasteiger partial charge in [-0.1, -0.05) is 24.6 Å². The zero-order valence-corrected chi connectivity index (χ0v) is 19.3. The second kappa shape index (κ2) is 11.9. The Balaban J connectivity index is 1.64. The number of nitrogens with one attached hydrogen (secondary N) is 2. The summed E-state index contributed by atoms with van der Waals surface area (Å²) in [6, 6.07) is 10.1. The summed E-state index contributed by atoms with van der Waals surface area (Å²) in [5.74, 6) is 0.220. The molecule has 0 atom stereocenters. The first kappa shape index (κ1) is 23.3. The third kappa shape index (κ3) is 6.83. The van der Waals surface area contributed by atoms with Gasteiger partial charge in [0.2, 0.25) is 5.91 Å². The molecule has 1 aromatic heterocycles. The van der Waals surface area contributed by atoms with Crippen molar-refractivity contribution in [2.24, 2.45) is 0 Å². The van der Waals surface area contributed by atoms with E-state index in [4.69, 9.17) is 4.74 Å². The van der Waals surface area contributed by atoms with Gasteiger partial charge in [0.15, 0.2) is 0 Å². The smallest absolute Gasteiger partial charge is 0.414 e. The number of hydrogen-bond donors (Lipinski definition) is 2. The van der Waals surface area contributed by atoms with Crippen molar-refractivity contribution in [3.05, 3.63) is 46.3 Å². The Morgan fingerprint density at radius 1 is 1.10 bits per heavy atom. The molecular formula is C23H28N2O4S2. The Morgan fingerprint density at radius 2 is 1.87 bits per heavy atom. The number of alkyl carbamates (subject to hydrolysis) is 1. The average molecular weight is 461 g/mol. The molecule has 2 N–H and O–H groups in total. The predicted molar refractivity (Wildman–Crippen MR) is 125 cm³/mol. The van der Waals surface area contributed by atoms with Crippen molar-refractivity contribution in [2.75, 3.05) is 17.7 Å². The van der Waals surface area contributed by atoms with E-state index in [0.29, 0.717) is 17.0 Å². The fourth-order valence-corrected chi connectivity index (χ4v) is 5.70. The van der Waals surface area contributed by atoms with Crippen molar-refractivity contribution in [1.29, 1.82) is 0 Å². The van der Waals surface area contributed by atoms with E-state index >= 15 is 0 Å². The molecule has 1 aliphatic rings. The molecule has 6 nitrogen and oxygen atoms in total. The number of fused-ring (bicyclic) bond motifs is 1. The Bertz CT molecular complexity index is 912. The summed E-state index contributed by atoms with van der Waals surface area (Å²) >= 11 is 3.18. The minimum absolute atomic E-state index is 0.116. The average Bonchev–Trinajstić information content (AvgIpc) is 2.92. The van der Waals surface area contributed by atoms with E-state index < -0.39 is 12.0 Å². The topological polar surface area (TPSA) is 84.5 Å². The number of anilines is 1. The van der Waals surface area contributed by atoms with Crippen LogP contribution in [-0.2, 0) is 22.4 Å². The lowest BCUT2D eigenvalue weighted by molar-refractivity contribution is -0.116. The molecule has 0 unspecified atom stereocenters. The Morgan fingerprint density at radius 3 is 2.65 bits per heavy atom. The molecule has 0 fully saturated rings. The highest BCUT2D eigenvalue weighted by Crippen LogP contribution is 2.37. The zero-order chi connectivity index (χ0) is 22.1. The molecule has 1 aliphatic carbocycles. The van der Waals surface area contributed by atoms with Crippen LogP contribution in [0, 0.1) is 0 Å². The summed E-state index contributed by atoms with van der Waals surface area (Å²) in [5, 5.41) is 5.76. The molecule has 0 radical (unpaired) electrons. The van der Waals surface area contributed by atoms with Gasteiger partial charge in [0.1, 0.15) is 5.00 Å². The van der Waals surface area contributed by atoms with Crippen molar-refractivity contribution in [3.8, 4) is 0 Å². The maximum atomic E-state index is 12.8. The summed E-state index contributed by atoms with van der Waals surface area (Å²) in [6.45, 7) is 1.87. The van der Waals surface area contributed by atoms with Crippen molar-refractivity contribution >= 4 is 46.0 Å². The quantitative estimate of drug-likeness (QED) is 0.312. The molecule has 0 bridgehead atoms. The molecule has 166 valence electrons. The lowest BCUT2D eigenvalue weighted by atomic mass is 10.0. The van der Waals surface area contributed by atoms with Crippen LogP contribution in [-0.4, -0.2) is 30.3 Å². The zero-order valence-electron chi connectivity index (χ0n) is 17.7. The lowest BCUT2D eigenvalue weighted by Gasteiger charge is -2.09. The van der Waals surface area contributed by atoms with E-state index in [1.165, 1.54) is 16.2 Å². The van der Waals surface area contributed by atoms with E-state index in [-0.39, 0.29) is 12.5 Å². The lowest BCUT2D eigenvalue weighted by Crippen LogP contribution is -2.32. The fraction of sp³-hybridized carbons (Fsp3) is 0.435. The van der Waals surface area contributed by atoms with Crippen molar-refractivity contribution in [3.63, 3.8) is 0 Å². The number of carbonyl (C=O) groups is 3. The number of hydrogen-bond acceptors (Lipinski definition) is 6. The number of benzene rings is 1. The number of thiophene rings is 1. The number of aryl methyl sites for hydroxylation is 1. The molecule has 1 aromatic carbocycles. The first-order valence-electron chi connectivity index (χ1n) is 10.7. The minimum Gasteiger partial charge on any atom is -0.450 e. The van der Waals surface area contributed by atoms with Gasteiger partial charge in [0.25, 0.3) is 5.91 Å². The molecule has 0 saturated carbocycles. The van der Waals surface area contributed by atoms with Gasteiger partial charge in [-0.15, -0.1) is 23.1 Å². The predicted octanol–water partition coefficient (Wildman–Crippen LogP) is 5.41. The monoisotopic (exact) mass is 460 g/mol. The fourth-order valence-electron chi connectivity index (χ4n) is 3.52. The summed E-state index contributed by atoms with van der Waals surface area (Å²) in [7, 11) is 0. The van der Waals surface area contributed by atoms with Gasteiger partial charge in [-0.25, -0.2) is 4.79 Å². The van der Waals surface area contributed by atoms with Crippen LogP contribution in [0.3, 0.4) is 0 Å². The number of rotatable bonds is 8. The first-order chi connectivity index (χ1) is 15.1. The number of thioether (sulfide) groups is 1. The highest BCUT2D eigenvalue weighted by Gasteiger charge is 2.26. The van der Waals surface area contributed by atoms with E-state index in [1.807, 2.05) is 18.2 Å². The maximum Gasteiger partial charge on any atom is 0.414 e. The number of amides is 3. The normalized spacial score (nSPS) is 13.1. The Hall–Kier alpha value is -2.32. The van der Waals surface area contributed by atoms with Crippen LogP contribution in [0.25, 0.3) is 0 Å². The molecule has 3 amide bonds. The second-order valence-electron chi connectivity index (χ2n) is 7.26. The van der Waals surface area contributed by atoms with Gasteiger partial charge >= 0.3 is 6.09 Å². The van der Waals surface area contributed by atoms with Crippen LogP contribution in [0.15, 0.2) is 35.2 Å². The van der Waals surface area contributed by atoms with Crippen LogP contribution >= 0.6 is 23.1 Å². The maximum absolute atomic E-state index is 12.8. The summed E-state index contributed by atoms with van der Waals surface area (Å²) in [4.78, 5) is 39.5. The molecule has 0 spiro atoms. The van der Waals surface area contributed by atoms with Crippen molar-refractivity contribution < 1.29 is 19.1 Å². The molecule has 1 heterocycles. The van der Waals surface area contributed by atoms with Crippen molar-refractivity contribution in [1.82, 2.24) is 5.32 Å². The third-order valence-corrected chi connectivity index (χ3v) is 7.26. The summed E-state index contributed by atoms with van der Waals surface area (Å²) in [6.07, 6.45) is 5.19. The summed E-state index contributed by atoms with van der Waals surface area (Å²) in [5.41, 5.74) is 1.38. The Kier molecular flexibility index (Phi) is 8.97. The van der Waals surface area contributed by atoms with E-state index in [2.05, 4.69) is 22.8 Å². The van der Waals surface area contributed by atoms with Crippen LogP contribution in [0.1, 0.15) is 59.8 Å². The van der Waals surface area contributed by atoms with Gasteiger partial charge in [0.05, 0.1) is 12.2 Å². The SMILES string of the molecule is CCOC(=O)NC(=O)c1c(NC(=O)CCCSc2ccccc2)sc2c1CCCCC2. The second-order valence-corrected chi connectivity index (χ2v) is 9.53. The minimum atomic E-state index is -0.767. The molecule has 8 heteroatoms. The Labute approximate surface area is 191 Å². The number of imide groups is 1. The van der Waals surface area contributed by atoms with E-state index in [1.54, 1.807) is 18.7 Å². The molecular weight excluding hydrogens is 432 g/mol. The molecule has 0 saturated heterocycles. The van der Waals surface area contributed by atoms with Crippen molar-refractivity contribution in [2.45, 2.75) is 56.8 Å². The van der Waals surface area contributed by atoms with Crippen LogP contribution in [0.5, 0.6) is 0 Å². The van der Waals surface area contributed by atoms with E-state index in [9.17, 15) is 14.4 Å². The highest BCUT2D eigenvalue weighted by molar-refractivity contribution is 7.99. The van der Waals surface area contributed by atoms with Gasteiger partial charge in [-0.2, -0.15) is 0 Å². The van der Waals surface area contributed by atoms with Gasteiger partial charge in [-0.05, 0) is 62.5 Å². The van der Waals surface area contributed by atoms with Crippen LogP contribution in [0.2, 0.25) is 0 Å².